The summed E-state index contributed by atoms with van der Waals surface area (Å²) in [7, 11) is 0. The molecule has 0 spiro atoms. The maximum absolute atomic E-state index is 13.8. The Kier molecular flexibility index (Phi) is 6.91. The number of H-pyrrole nitrogens is 1. The molecular formula is C30H33N7O. The Bertz CT molecular complexity index is 1560. The third-order valence-electron chi connectivity index (χ3n) is 6.69. The number of aromatic nitrogens is 6. The van der Waals surface area contributed by atoms with E-state index in [1.807, 2.05) is 54.2 Å². The van der Waals surface area contributed by atoms with E-state index in [-0.39, 0.29) is 11.1 Å². The molecule has 0 saturated heterocycles. The molecule has 0 aliphatic carbocycles. The number of aromatic amines is 1. The Balaban J connectivity index is 1.75. The van der Waals surface area contributed by atoms with Gasteiger partial charge < -0.3 is 4.98 Å². The summed E-state index contributed by atoms with van der Waals surface area (Å²) in [6.45, 7) is 11.4. The number of rotatable bonds is 7. The fourth-order valence-electron chi connectivity index (χ4n) is 5.03. The van der Waals surface area contributed by atoms with E-state index in [2.05, 4.69) is 82.4 Å². The summed E-state index contributed by atoms with van der Waals surface area (Å²) in [5.74, 6) is 0.617. The second-order valence-corrected chi connectivity index (χ2v) is 10.9. The fourth-order valence-corrected chi connectivity index (χ4v) is 5.03. The molecular weight excluding hydrogens is 474 g/mol. The summed E-state index contributed by atoms with van der Waals surface area (Å²) in [5, 5.41) is 13.9. The molecule has 1 atom stereocenters. The minimum Gasteiger partial charge on any atom is -0.321 e. The molecule has 1 N–H and O–H groups in total. The Labute approximate surface area is 222 Å². The maximum atomic E-state index is 13.8. The lowest BCUT2D eigenvalue weighted by Gasteiger charge is -2.33. The van der Waals surface area contributed by atoms with Crippen LogP contribution in [-0.4, -0.2) is 35.1 Å². The molecule has 0 amide bonds. The molecule has 8 heteroatoms. The first-order valence-electron chi connectivity index (χ1n) is 12.8. The molecule has 38 heavy (non-hydrogen) atoms. The molecule has 5 aromatic rings. The highest BCUT2D eigenvalue weighted by Gasteiger charge is 2.33. The van der Waals surface area contributed by atoms with Crippen LogP contribution in [0.3, 0.4) is 0 Å². The van der Waals surface area contributed by atoms with Crippen molar-refractivity contribution in [1.82, 2.24) is 35.1 Å². The summed E-state index contributed by atoms with van der Waals surface area (Å²) in [6.07, 6.45) is 3.63. The van der Waals surface area contributed by atoms with Crippen molar-refractivity contribution in [2.45, 2.75) is 59.3 Å². The third kappa shape index (κ3) is 5.26. The number of tetrazole rings is 1. The highest BCUT2D eigenvalue weighted by atomic mass is 16.1. The van der Waals surface area contributed by atoms with Crippen LogP contribution in [0.1, 0.15) is 60.5 Å². The zero-order chi connectivity index (χ0) is 26.9. The van der Waals surface area contributed by atoms with Crippen LogP contribution in [-0.2, 0) is 18.6 Å². The van der Waals surface area contributed by atoms with E-state index in [1.54, 1.807) is 6.20 Å². The van der Waals surface area contributed by atoms with Crippen LogP contribution in [0.25, 0.3) is 10.9 Å². The molecule has 194 valence electrons. The first-order valence-corrected chi connectivity index (χ1v) is 12.8. The molecule has 2 aromatic carbocycles. The molecule has 8 nitrogen and oxygen atoms in total. The molecule has 1 unspecified atom stereocenters. The number of nitrogens with zero attached hydrogens (tertiary/aromatic N) is 6. The van der Waals surface area contributed by atoms with Crippen molar-refractivity contribution >= 4 is 10.9 Å². The van der Waals surface area contributed by atoms with Gasteiger partial charge in [0.05, 0.1) is 11.1 Å². The molecule has 0 aliphatic rings. The number of hydrogen-bond donors (Lipinski definition) is 1. The smallest absolute Gasteiger partial charge is 0.253 e. The van der Waals surface area contributed by atoms with Crippen LogP contribution in [0, 0.1) is 13.8 Å². The van der Waals surface area contributed by atoms with E-state index in [9.17, 15) is 4.79 Å². The van der Waals surface area contributed by atoms with Crippen molar-refractivity contribution in [2.75, 3.05) is 0 Å². The van der Waals surface area contributed by atoms with Crippen LogP contribution >= 0.6 is 0 Å². The quantitative estimate of drug-likeness (QED) is 0.331. The summed E-state index contributed by atoms with van der Waals surface area (Å²) in [5.41, 5.74) is 5.25. The topological polar surface area (TPSA) is 92.6 Å². The van der Waals surface area contributed by atoms with Crippen molar-refractivity contribution < 1.29 is 0 Å². The summed E-state index contributed by atoms with van der Waals surface area (Å²) < 4.78 is 1.82. The number of hydrogen-bond acceptors (Lipinski definition) is 6. The highest BCUT2D eigenvalue weighted by Crippen LogP contribution is 2.32. The van der Waals surface area contributed by atoms with E-state index >= 15 is 0 Å². The summed E-state index contributed by atoms with van der Waals surface area (Å²) >= 11 is 0. The van der Waals surface area contributed by atoms with Gasteiger partial charge in [0.25, 0.3) is 5.56 Å². The molecule has 5 rings (SSSR count). The van der Waals surface area contributed by atoms with Gasteiger partial charge in [-0.05, 0) is 85.3 Å². The maximum Gasteiger partial charge on any atom is 0.253 e. The van der Waals surface area contributed by atoms with Crippen molar-refractivity contribution in [3.8, 4) is 0 Å². The van der Waals surface area contributed by atoms with Crippen LogP contribution in [0.2, 0.25) is 0 Å². The fraction of sp³-hybridized carbons (Fsp3) is 0.300. The zero-order valence-corrected chi connectivity index (χ0v) is 22.5. The molecule has 0 saturated carbocycles. The van der Waals surface area contributed by atoms with Crippen LogP contribution in [0.4, 0.5) is 0 Å². The molecule has 3 heterocycles. The van der Waals surface area contributed by atoms with Gasteiger partial charge in [-0.25, -0.2) is 4.68 Å². The van der Waals surface area contributed by atoms with Crippen molar-refractivity contribution in [2.24, 2.45) is 0 Å². The minimum atomic E-state index is -0.515. The average molecular weight is 508 g/mol. The predicted molar refractivity (Wildman–Crippen MR) is 149 cm³/mol. The number of fused-ring (bicyclic) bond motifs is 1. The monoisotopic (exact) mass is 507 g/mol. The normalized spacial score (nSPS) is 12.8. The van der Waals surface area contributed by atoms with Crippen molar-refractivity contribution in [3.05, 3.63) is 117 Å². The van der Waals surface area contributed by atoms with Crippen LogP contribution in [0.15, 0.2) is 77.9 Å². The van der Waals surface area contributed by atoms with E-state index < -0.39 is 6.04 Å². The Morgan fingerprint density at radius 2 is 1.71 bits per heavy atom. The largest absolute Gasteiger partial charge is 0.321 e. The molecule has 3 aromatic heterocycles. The standard InChI is InChI=1S/C30H33N7O/c1-20-14-21(2)26-24(15-20)16-25(29(38)32-26)27(28-33-34-35-37(28)30(3,4)5)36(18-22-10-7-6-8-11-22)19-23-12-9-13-31-17-23/h6-17,27H,18-19H2,1-5H3,(H,32,38). The third-order valence-corrected chi connectivity index (χ3v) is 6.69. The zero-order valence-electron chi connectivity index (χ0n) is 22.5. The van der Waals surface area contributed by atoms with Crippen molar-refractivity contribution in [3.63, 3.8) is 0 Å². The number of benzene rings is 2. The second kappa shape index (κ2) is 10.3. The van der Waals surface area contributed by atoms with Gasteiger partial charge >= 0.3 is 0 Å². The minimum absolute atomic E-state index is 0.151. The van der Waals surface area contributed by atoms with Gasteiger partial charge in [-0.15, -0.1) is 5.10 Å². The lowest BCUT2D eigenvalue weighted by molar-refractivity contribution is 0.184. The van der Waals surface area contributed by atoms with Gasteiger partial charge in [0.15, 0.2) is 5.82 Å². The van der Waals surface area contributed by atoms with Crippen LogP contribution in [0.5, 0.6) is 0 Å². The summed E-state index contributed by atoms with van der Waals surface area (Å²) in [6, 6.07) is 19.9. The van der Waals surface area contributed by atoms with Gasteiger partial charge in [0, 0.05) is 31.0 Å². The molecule has 0 fully saturated rings. The molecule has 0 radical (unpaired) electrons. The SMILES string of the molecule is Cc1cc(C)c2[nH]c(=O)c(C(c3nnnn3C(C)(C)C)N(Cc3ccccc3)Cc3cccnc3)cc2c1. The predicted octanol–water partition coefficient (Wildman–Crippen LogP) is 5.07. The first-order chi connectivity index (χ1) is 18.2. The molecule has 0 aliphatic heterocycles. The van der Waals surface area contributed by atoms with E-state index in [4.69, 9.17) is 0 Å². The number of pyridine rings is 2. The van der Waals surface area contributed by atoms with E-state index in [1.165, 1.54) is 0 Å². The van der Waals surface area contributed by atoms with Crippen LogP contribution < -0.4 is 5.56 Å². The second-order valence-electron chi connectivity index (χ2n) is 10.9. The number of aryl methyl sites for hydroxylation is 2. The highest BCUT2D eigenvalue weighted by molar-refractivity contribution is 5.83. The van der Waals surface area contributed by atoms with E-state index in [0.29, 0.717) is 24.5 Å². The van der Waals surface area contributed by atoms with Gasteiger partial charge in [0.1, 0.15) is 6.04 Å². The first kappa shape index (κ1) is 25.5. The van der Waals surface area contributed by atoms with Gasteiger partial charge in [0.2, 0.25) is 0 Å². The number of nitrogens with one attached hydrogen (secondary N) is 1. The Morgan fingerprint density at radius 3 is 2.42 bits per heavy atom. The average Bonchev–Trinajstić information content (AvgIpc) is 3.37. The van der Waals surface area contributed by atoms with Gasteiger partial charge in [-0.1, -0.05) is 48.0 Å². The van der Waals surface area contributed by atoms with Gasteiger partial charge in [-0.2, -0.15) is 0 Å². The summed E-state index contributed by atoms with van der Waals surface area (Å²) in [4.78, 5) is 23.6. The van der Waals surface area contributed by atoms with E-state index in [0.717, 1.165) is 33.2 Å². The Hall–Kier alpha value is -4.17. The van der Waals surface area contributed by atoms with Gasteiger partial charge in [-0.3, -0.25) is 14.7 Å². The Morgan fingerprint density at radius 1 is 0.974 bits per heavy atom. The lowest BCUT2D eigenvalue weighted by atomic mass is 9.99. The van der Waals surface area contributed by atoms with Crippen molar-refractivity contribution in [1.29, 1.82) is 0 Å². The lowest BCUT2D eigenvalue weighted by Crippen LogP contribution is -2.37. The molecule has 0 bridgehead atoms.